The normalized spacial score (nSPS) is 21.3. The summed E-state index contributed by atoms with van der Waals surface area (Å²) < 4.78 is 17.8. The van der Waals surface area contributed by atoms with Crippen LogP contribution in [0.4, 0.5) is 16.2 Å². The zero-order valence-corrected chi connectivity index (χ0v) is 26.2. The van der Waals surface area contributed by atoms with E-state index in [0.717, 1.165) is 38.8 Å². The molecule has 0 spiro atoms. The molecule has 0 saturated heterocycles. The van der Waals surface area contributed by atoms with Gasteiger partial charge in [0.25, 0.3) is 5.91 Å². The van der Waals surface area contributed by atoms with Crippen LogP contribution < -0.4 is 15.4 Å². The molecular formula is C31H49N5O6. The SMILES string of the molecule is CCCN(C)C[C@@H]1OCCCC[C@@H](C)Oc2ccc(NC(=O)Nc3c(C)noc3C)cc2C(=O)N([C@H](C)CO)C[C@@H]1C. The maximum atomic E-state index is 14.2. The predicted octanol–water partition coefficient (Wildman–Crippen LogP) is 5.07. The molecule has 1 aromatic carbocycles. The summed E-state index contributed by atoms with van der Waals surface area (Å²) in [7, 11) is 2.09. The Labute approximate surface area is 249 Å². The quantitative estimate of drug-likeness (QED) is 0.390. The number of hydrogen-bond acceptors (Lipinski definition) is 8. The summed E-state index contributed by atoms with van der Waals surface area (Å²) in [5.41, 5.74) is 1.81. The summed E-state index contributed by atoms with van der Waals surface area (Å²) in [5.74, 6) is 0.670. The number of fused-ring (bicyclic) bond motifs is 1. The number of aliphatic hydroxyl groups excluding tert-OH is 1. The molecule has 11 nitrogen and oxygen atoms in total. The van der Waals surface area contributed by atoms with E-state index < -0.39 is 12.1 Å². The first kappa shape index (κ1) is 33.4. The highest BCUT2D eigenvalue weighted by atomic mass is 16.5. The van der Waals surface area contributed by atoms with Gasteiger partial charge in [-0.25, -0.2) is 4.79 Å². The van der Waals surface area contributed by atoms with E-state index in [-0.39, 0.29) is 30.6 Å². The summed E-state index contributed by atoms with van der Waals surface area (Å²) in [4.78, 5) is 31.0. The minimum absolute atomic E-state index is 0.00984. The van der Waals surface area contributed by atoms with Crippen LogP contribution in [0, 0.1) is 19.8 Å². The molecule has 2 heterocycles. The Morgan fingerprint density at radius 1 is 1.24 bits per heavy atom. The number of benzene rings is 1. The van der Waals surface area contributed by atoms with Gasteiger partial charge in [-0.15, -0.1) is 0 Å². The van der Waals surface area contributed by atoms with E-state index in [4.69, 9.17) is 14.0 Å². The molecular weight excluding hydrogens is 538 g/mol. The van der Waals surface area contributed by atoms with Gasteiger partial charge in [0, 0.05) is 31.3 Å². The zero-order chi connectivity index (χ0) is 30.8. The molecule has 0 bridgehead atoms. The summed E-state index contributed by atoms with van der Waals surface area (Å²) >= 11 is 0. The standard InChI is InChI=1S/C31H49N5O6/c1-8-14-35(7)18-28-20(2)17-36(21(3)19-37)30(38)26-16-25(32-31(39)33-29-23(5)34-42-24(29)6)12-13-27(26)41-22(4)11-9-10-15-40-28/h12-13,16,20-22,28,37H,8-11,14-15,17-19H2,1-7H3,(H2,32,33,39)/t20-,21+,22+,28-/m0/s1. The third kappa shape index (κ3) is 9.17. The van der Waals surface area contributed by atoms with Crippen LogP contribution in [0.2, 0.25) is 0 Å². The van der Waals surface area contributed by atoms with E-state index in [2.05, 4.69) is 41.6 Å². The molecule has 4 atom stereocenters. The molecule has 2 aromatic rings. The average molecular weight is 588 g/mol. The summed E-state index contributed by atoms with van der Waals surface area (Å²) in [5, 5.41) is 19.6. The molecule has 0 fully saturated rings. The minimum Gasteiger partial charge on any atom is -0.490 e. The lowest BCUT2D eigenvalue weighted by Crippen LogP contribution is -2.47. The number of anilines is 2. The van der Waals surface area contributed by atoms with Gasteiger partial charge in [-0.2, -0.15) is 0 Å². The first-order chi connectivity index (χ1) is 20.0. The van der Waals surface area contributed by atoms with E-state index in [1.54, 1.807) is 36.9 Å². The maximum absolute atomic E-state index is 14.2. The highest BCUT2D eigenvalue weighted by molar-refractivity contribution is 6.03. The van der Waals surface area contributed by atoms with Crippen molar-refractivity contribution >= 4 is 23.3 Å². The predicted molar refractivity (Wildman–Crippen MR) is 163 cm³/mol. The number of nitrogens with zero attached hydrogens (tertiary/aromatic N) is 3. The van der Waals surface area contributed by atoms with Crippen LogP contribution in [0.15, 0.2) is 22.7 Å². The van der Waals surface area contributed by atoms with Crippen molar-refractivity contribution in [3.63, 3.8) is 0 Å². The fourth-order valence-electron chi connectivity index (χ4n) is 5.18. The van der Waals surface area contributed by atoms with Crippen molar-refractivity contribution in [1.82, 2.24) is 15.0 Å². The second-order valence-corrected chi connectivity index (χ2v) is 11.6. The fourth-order valence-corrected chi connectivity index (χ4v) is 5.18. The Bertz CT molecular complexity index is 1150. The van der Waals surface area contributed by atoms with Crippen LogP contribution in [0.3, 0.4) is 0 Å². The van der Waals surface area contributed by atoms with Gasteiger partial charge in [-0.05, 0) is 85.2 Å². The third-order valence-corrected chi connectivity index (χ3v) is 7.68. The van der Waals surface area contributed by atoms with Crippen molar-refractivity contribution in [1.29, 1.82) is 0 Å². The van der Waals surface area contributed by atoms with Crippen molar-refractivity contribution in [2.24, 2.45) is 5.92 Å². The van der Waals surface area contributed by atoms with Crippen LogP contribution in [-0.2, 0) is 4.74 Å². The van der Waals surface area contributed by atoms with Gasteiger partial charge in [-0.1, -0.05) is 19.0 Å². The number of rotatable bonds is 8. The Balaban J connectivity index is 1.93. The molecule has 3 rings (SSSR count). The fraction of sp³-hybridized carbons (Fsp3) is 0.645. The van der Waals surface area contributed by atoms with Crippen LogP contribution in [0.25, 0.3) is 0 Å². The van der Waals surface area contributed by atoms with Crippen molar-refractivity contribution in [3.05, 3.63) is 35.2 Å². The number of hydrogen-bond donors (Lipinski definition) is 3. The topological polar surface area (TPSA) is 129 Å². The first-order valence-electron chi connectivity index (χ1n) is 15.1. The number of aromatic nitrogens is 1. The number of nitrogens with one attached hydrogen (secondary N) is 2. The molecule has 11 heteroatoms. The second kappa shape index (κ2) is 15.9. The molecule has 1 aromatic heterocycles. The average Bonchev–Trinajstić information content (AvgIpc) is 3.26. The molecule has 234 valence electrons. The highest BCUT2D eigenvalue weighted by Crippen LogP contribution is 2.29. The van der Waals surface area contributed by atoms with E-state index in [1.165, 1.54) is 0 Å². The van der Waals surface area contributed by atoms with E-state index >= 15 is 0 Å². The number of aliphatic hydroxyl groups is 1. The molecule has 0 radical (unpaired) electrons. The lowest BCUT2D eigenvalue weighted by molar-refractivity contribution is -0.0167. The van der Waals surface area contributed by atoms with Gasteiger partial charge in [0.2, 0.25) is 0 Å². The van der Waals surface area contributed by atoms with Crippen LogP contribution in [0.5, 0.6) is 5.75 Å². The lowest BCUT2D eigenvalue weighted by Gasteiger charge is -2.35. The van der Waals surface area contributed by atoms with Crippen LogP contribution in [-0.4, -0.2) is 90.1 Å². The van der Waals surface area contributed by atoms with Crippen molar-refractivity contribution in [3.8, 4) is 5.75 Å². The van der Waals surface area contributed by atoms with E-state index in [1.807, 2.05) is 13.8 Å². The van der Waals surface area contributed by atoms with Gasteiger partial charge in [-0.3, -0.25) is 4.79 Å². The van der Waals surface area contributed by atoms with Gasteiger partial charge >= 0.3 is 6.03 Å². The number of likely N-dealkylation sites (N-methyl/N-ethyl adjacent to an activating group) is 1. The molecule has 1 aliphatic rings. The van der Waals surface area contributed by atoms with E-state index in [0.29, 0.717) is 47.3 Å². The van der Waals surface area contributed by atoms with Crippen molar-refractivity contribution < 1.29 is 28.7 Å². The zero-order valence-electron chi connectivity index (χ0n) is 26.2. The number of amides is 3. The molecule has 1 aliphatic heterocycles. The number of ether oxygens (including phenoxy) is 2. The van der Waals surface area contributed by atoms with Gasteiger partial charge in [0.05, 0.1) is 30.4 Å². The Morgan fingerprint density at radius 2 is 2.00 bits per heavy atom. The Hall–Kier alpha value is -3.15. The first-order valence-corrected chi connectivity index (χ1v) is 15.1. The number of carbonyl (C=O) groups is 2. The van der Waals surface area contributed by atoms with Gasteiger partial charge in [0.15, 0.2) is 5.76 Å². The molecule has 3 amide bonds. The monoisotopic (exact) mass is 587 g/mol. The van der Waals surface area contributed by atoms with Crippen molar-refractivity contribution in [2.45, 2.75) is 85.5 Å². The van der Waals surface area contributed by atoms with Gasteiger partial charge in [0.1, 0.15) is 17.1 Å². The smallest absolute Gasteiger partial charge is 0.323 e. The summed E-state index contributed by atoms with van der Waals surface area (Å²) in [6, 6.07) is 4.14. The molecule has 0 unspecified atom stereocenters. The molecule has 0 aliphatic carbocycles. The molecule has 3 N–H and O–H groups in total. The second-order valence-electron chi connectivity index (χ2n) is 11.6. The van der Waals surface area contributed by atoms with Gasteiger partial charge < -0.3 is 39.5 Å². The number of carbonyl (C=O) groups excluding carboxylic acids is 2. The summed E-state index contributed by atoms with van der Waals surface area (Å²) in [6.45, 7) is 14.1. The van der Waals surface area contributed by atoms with Crippen molar-refractivity contribution in [2.75, 3.05) is 50.5 Å². The maximum Gasteiger partial charge on any atom is 0.323 e. The minimum atomic E-state index is -0.489. The largest absolute Gasteiger partial charge is 0.490 e. The highest BCUT2D eigenvalue weighted by Gasteiger charge is 2.30. The van der Waals surface area contributed by atoms with E-state index in [9.17, 15) is 14.7 Å². The third-order valence-electron chi connectivity index (χ3n) is 7.68. The number of aryl methyl sites for hydroxylation is 2. The summed E-state index contributed by atoms with van der Waals surface area (Å²) in [6.07, 6.45) is 3.51. The van der Waals surface area contributed by atoms with Crippen LogP contribution >= 0.6 is 0 Å². The Morgan fingerprint density at radius 3 is 2.67 bits per heavy atom. The molecule has 42 heavy (non-hydrogen) atoms. The lowest BCUT2D eigenvalue weighted by atomic mass is 10.0. The van der Waals surface area contributed by atoms with Crippen LogP contribution in [0.1, 0.15) is 75.2 Å². The number of urea groups is 1. The molecule has 0 saturated carbocycles. The Kier molecular flexibility index (Phi) is 12.6.